The molecule has 3 aromatic rings. The lowest BCUT2D eigenvalue weighted by atomic mass is 9.94. The van der Waals surface area contributed by atoms with Crippen LogP contribution in [0.4, 0.5) is 0 Å². The van der Waals surface area contributed by atoms with Crippen molar-refractivity contribution in [1.29, 1.82) is 0 Å². The number of primary amides is 1. The Morgan fingerprint density at radius 1 is 0.838 bits per heavy atom. The van der Waals surface area contributed by atoms with Crippen molar-refractivity contribution < 1.29 is 14.8 Å². The van der Waals surface area contributed by atoms with E-state index < -0.39 is 23.8 Å². The molecule has 2 amide bonds. The summed E-state index contributed by atoms with van der Waals surface area (Å²) in [4.78, 5) is 25.6. The fourth-order valence-electron chi connectivity index (χ4n) is 4.28. The molecule has 3 rings (SSSR count). The van der Waals surface area contributed by atoms with Crippen LogP contribution >= 0.6 is 12.2 Å². The molecule has 0 spiro atoms. The number of amides is 2. The highest BCUT2D eigenvalue weighted by Gasteiger charge is 2.32. The molecule has 194 valence electrons. The highest BCUT2D eigenvalue weighted by atomic mass is 32.1. The number of nitrogens with two attached hydrogens (primary N) is 1. The first-order valence-electron chi connectivity index (χ1n) is 12.6. The number of carbonyl (C=O) groups is 2. The van der Waals surface area contributed by atoms with Gasteiger partial charge in [0.15, 0.2) is 0 Å². The second-order valence-electron chi connectivity index (χ2n) is 9.16. The van der Waals surface area contributed by atoms with Crippen LogP contribution in [0, 0.1) is 5.92 Å². The molecule has 0 bridgehead atoms. The number of thiocarbonyl (C=S) groups is 1. The topological polar surface area (TPSA) is 95.7 Å². The van der Waals surface area contributed by atoms with E-state index in [-0.39, 0.29) is 6.42 Å². The normalized spacial score (nSPS) is 12.4. The number of carbonyl (C=O) groups excluding carboxylic acids is 2. The Morgan fingerprint density at radius 3 is 1.89 bits per heavy atom. The predicted molar refractivity (Wildman–Crippen MR) is 150 cm³/mol. The van der Waals surface area contributed by atoms with Crippen molar-refractivity contribution in [2.24, 2.45) is 11.7 Å². The fraction of sp³-hybridized carbons (Fsp3) is 0.300. The van der Waals surface area contributed by atoms with Gasteiger partial charge in [0.2, 0.25) is 11.8 Å². The minimum Gasteiger partial charge on any atom is -0.378 e. The van der Waals surface area contributed by atoms with E-state index in [2.05, 4.69) is 17.4 Å². The first kappa shape index (κ1) is 28.0. The van der Waals surface area contributed by atoms with E-state index in [1.807, 2.05) is 78.9 Å². The lowest BCUT2D eigenvalue weighted by Gasteiger charge is -2.30. The van der Waals surface area contributed by atoms with E-state index >= 15 is 0 Å². The smallest absolute Gasteiger partial charge is 0.250 e. The SMILES string of the molecule is NC(=O)C[C@@H](CCc1ccccc1)C(=O)N(O)[C@@H](Cc1ccccc1)C(=S)NCCCc1ccccc1. The number of aryl methyl sites for hydroxylation is 2. The van der Waals surface area contributed by atoms with Crippen molar-refractivity contribution in [2.75, 3.05) is 6.54 Å². The van der Waals surface area contributed by atoms with Crippen molar-refractivity contribution in [3.05, 3.63) is 108 Å². The summed E-state index contributed by atoms with van der Waals surface area (Å²) in [5.74, 6) is -1.88. The van der Waals surface area contributed by atoms with Crippen LogP contribution < -0.4 is 11.1 Å². The number of hydrogen-bond donors (Lipinski definition) is 3. The van der Waals surface area contributed by atoms with Crippen LogP contribution in [0.3, 0.4) is 0 Å². The maximum Gasteiger partial charge on any atom is 0.250 e. The van der Waals surface area contributed by atoms with Crippen LogP contribution in [0.25, 0.3) is 0 Å². The minimum atomic E-state index is -0.770. The summed E-state index contributed by atoms with van der Waals surface area (Å²) in [5.41, 5.74) is 8.68. The van der Waals surface area contributed by atoms with Gasteiger partial charge in [-0.1, -0.05) is 103 Å². The average molecular weight is 518 g/mol. The van der Waals surface area contributed by atoms with E-state index in [1.54, 1.807) is 0 Å². The summed E-state index contributed by atoms with van der Waals surface area (Å²) in [6, 6.07) is 28.7. The summed E-state index contributed by atoms with van der Waals surface area (Å²) >= 11 is 5.66. The molecule has 0 aliphatic carbocycles. The molecular formula is C30H35N3O3S. The maximum absolute atomic E-state index is 13.4. The van der Waals surface area contributed by atoms with Gasteiger partial charge in [-0.3, -0.25) is 14.8 Å². The molecular weight excluding hydrogens is 482 g/mol. The van der Waals surface area contributed by atoms with Gasteiger partial charge in [0, 0.05) is 25.3 Å². The summed E-state index contributed by atoms with van der Waals surface area (Å²) in [6.45, 7) is 0.611. The highest BCUT2D eigenvalue weighted by Crippen LogP contribution is 2.19. The highest BCUT2D eigenvalue weighted by molar-refractivity contribution is 7.80. The molecule has 0 heterocycles. The Balaban J connectivity index is 1.68. The van der Waals surface area contributed by atoms with E-state index in [1.165, 1.54) is 5.56 Å². The van der Waals surface area contributed by atoms with Gasteiger partial charge in [-0.15, -0.1) is 0 Å². The second kappa shape index (κ2) is 14.9. The van der Waals surface area contributed by atoms with Crippen LogP contribution in [0.5, 0.6) is 0 Å². The summed E-state index contributed by atoms with van der Waals surface area (Å²) < 4.78 is 0. The first-order valence-corrected chi connectivity index (χ1v) is 13.0. The molecule has 0 aliphatic rings. The van der Waals surface area contributed by atoms with Crippen LogP contribution in [0.1, 0.15) is 36.0 Å². The van der Waals surface area contributed by atoms with E-state index in [0.717, 1.165) is 24.0 Å². The molecule has 0 unspecified atom stereocenters. The van der Waals surface area contributed by atoms with Crippen LogP contribution in [-0.2, 0) is 28.9 Å². The Kier molecular flexibility index (Phi) is 11.3. The second-order valence-corrected chi connectivity index (χ2v) is 9.60. The van der Waals surface area contributed by atoms with Gasteiger partial charge in [-0.25, -0.2) is 5.06 Å². The first-order chi connectivity index (χ1) is 17.9. The van der Waals surface area contributed by atoms with E-state index in [4.69, 9.17) is 18.0 Å². The number of benzene rings is 3. The number of nitrogens with one attached hydrogen (secondary N) is 1. The van der Waals surface area contributed by atoms with Gasteiger partial charge in [0.25, 0.3) is 0 Å². The third kappa shape index (κ3) is 9.44. The Bertz CT molecular complexity index is 1130. The van der Waals surface area contributed by atoms with Crippen molar-refractivity contribution in [2.45, 2.75) is 44.6 Å². The van der Waals surface area contributed by atoms with Crippen molar-refractivity contribution in [3.8, 4) is 0 Å². The van der Waals surface area contributed by atoms with Crippen molar-refractivity contribution in [1.82, 2.24) is 10.4 Å². The van der Waals surface area contributed by atoms with Crippen molar-refractivity contribution >= 4 is 29.0 Å². The molecule has 7 heteroatoms. The van der Waals surface area contributed by atoms with Gasteiger partial charge in [-0.2, -0.15) is 0 Å². The van der Waals surface area contributed by atoms with E-state index in [0.29, 0.717) is 35.9 Å². The number of hydrogen-bond acceptors (Lipinski definition) is 4. The van der Waals surface area contributed by atoms with Gasteiger partial charge in [0.05, 0.1) is 0 Å². The number of rotatable bonds is 14. The summed E-state index contributed by atoms with van der Waals surface area (Å²) in [5, 5.41) is 15.1. The zero-order valence-electron chi connectivity index (χ0n) is 21.0. The Labute approximate surface area is 224 Å². The molecule has 0 saturated carbocycles. The molecule has 2 atom stereocenters. The van der Waals surface area contributed by atoms with Crippen LogP contribution in [-0.4, -0.2) is 39.7 Å². The quantitative estimate of drug-likeness (QED) is 0.127. The largest absolute Gasteiger partial charge is 0.378 e. The van der Waals surface area contributed by atoms with Crippen molar-refractivity contribution in [3.63, 3.8) is 0 Å². The minimum absolute atomic E-state index is 0.141. The maximum atomic E-state index is 13.4. The van der Waals surface area contributed by atoms with E-state index in [9.17, 15) is 14.8 Å². The lowest BCUT2D eigenvalue weighted by molar-refractivity contribution is -0.175. The van der Waals surface area contributed by atoms with Gasteiger partial charge < -0.3 is 11.1 Å². The zero-order valence-corrected chi connectivity index (χ0v) is 21.8. The molecule has 0 fully saturated rings. The third-order valence-corrected chi connectivity index (χ3v) is 6.72. The molecule has 3 aromatic carbocycles. The molecule has 0 aromatic heterocycles. The zero-order chi connectivity index (χ0) is 26.5. The molecule has 0 saturated heterocycles. The summed E-state index contributed by atoms with van der Waals surface area (Å²) in [7, 11) is 0. The molecule has 6 nitrogen and oxygen atoms in total. The number of hydroxylamine groups is 2. The molecule has 0 aliphatic heterocycles. The Hall–Kier alpha value is -3.55. The predicted octanol–water partition coefficient (Wildman–Crippen LogP) is 4.49. The van der Waals surface area contributed by atoms with Crippen LogP contribution in [0.2, 0.25) is 0 Å². The monoisotopic (exact) mass is 517 g/mol. The summed E-state index contributed by atoms with van der Waals surface area (Å²) in [6.07, 6.45) is 2.92. The van der Waals surface area contributed by atoms with Crippen LogP contribution in [0.15, 0.2) is 91.0 Å². The molecule has 37 heavy (non-hydrogen) atoms. The number of nitrogens with zero attached hydrogens (tertiary/aromatic N) is 1. The van der Waals surface area contributed by atoms with Gasteiger partial charge in [0.1, 0.15) is 11.0 Å². The average Bonchev–Trinajstić information content (AvgIpc) is 2.92. The third-order valence-electron chi connectivity index (χ3n) is 6.30. The molecule has 4 N–H and O–H groups in total. The van der Waals surface area contributed by atoms with Gasteiger partial charge >= 0.3 is 0 Å². The standard InChI is InChI=1S/C30H35N3O3S/c31-28(34)22-26(19-18-24-13-6-2-7-14-24)30(35)33(36)27(21-25-15-8-3-9-16-25)29(37)32-20-10-17-23-11-4-1-5-12-23/h1-9,11-16,26-27,36H,10,17-22H2,(H2,31,34)(H,32,37)/t26-,27+/m1/s1. The van der Waals surface area contributed by atoms with Gasteiger partial charge in [-0.05, 0) is 42.4 Å². The molecule has 0 radical (unpaired) electrons. The Morgan fingerprint density at radius 2 is 1.35 bits per heavy atom. The lowest BCUT2D eigenvalue weighted by Crippen LogP contribution is -2.50. The fourth-order valence-corrected chi connectivity index (χ4v) is 4.56.